The molecule has 0 unspecified atom stereocenters. The highest BCUT2D eigenvalue weighted by molar-refractivity contribution is 7.92. The minimum atomic E-state index is -3.92. The van der Waals surface area contributed by atoms with E-state index in [-0.39, 0.29) is 16.5 Å². The average Bonchev–Trinajstić information content (AvgIpc) is 2.91. The lowest BCUT2D eigenvalue weighted by Crippen LogP contribution is -2.32. The number of methoxy groups -OCH3 is 2. The van der Waals surface area contributed by atoms with Gasteiger partial charge in [0.25, 0.3) is 15.9 Å². The Morgan fingerprint density at radius 1 is 0.838 bits per heavy atom. The molecule has 0 aliphatic rings. The second-order valence-electron chi connectivity index (χ2n) is 8.21. The fourth-order valence-electron chi connectivity index (χ4n) is 3.76. The summed E-state index contributed by atoms with van der Waals surface area (Å²) in [6, 6.07) is 24.3. The molecule has 1 atom stereocenters. The van der Waals surface area contributed by atoms with Crippen molar-refractivity contribution in [1.82, 2.24) is 0 Å². The number of anilines is 2. The maximum absolute atomic E-state index is 12.9. The number of nitrogens with one attached hydrogen (secondary N) is 2. The first kappa shape index (κ1) is 25.8. The van der Waals surface area contributed by atoms with E-state index in [9.17, 15) is 13.2 Å². The van der Waals surface area contributed by atoms with Crippen molar-refractivity contribution in [2.24, 2.45) is 0 Å². The summed E-state index contributed by atoms with van der Waals surface area (Å²) in [5.74, 6) is 1.10. The summed E-state index contributed by atoms with van der Waals surface area (Å²) in [4.78, 5) is 12.9. The summed E-state index contributed by atoms with van der Waals surface area (Å²) in [6.07, 6.45) is -0.260. The molecule has 0 saturated carbocycles. The van der Waals surface area contributed by atoms with Crippen molar-refractivity contribution in [2.45, 2.75) is 24.3 Å². The third-order valence-electron chi connectivity index (χ3n) is 5.75. The minimum Gasteiger partial charge on any atom is -0.497 e. The summed E-state index contributed by atoms with van der Waals surface area (Å²) >= 11 is 0. The van der Waals surface area contributed by atoms with E-state index in [4.69, 9.17) is 14.2 Å². The zero-order valence-corrected chi connectivity index (χ0v) is 21.5. The van der Waals surface area contributed by atoms with Gasteiger partial charge in [0.2, 0.25) is 0 Å². The number of amides is 1. The highest BCUT2D eigenvalue weighted by Crippen LogP contribution is 2.31. The lowest BCUT2D eigenvalue weighted by Gasteiger charge is -2.18. The van der Waals surface area contributed by atoms with Crippen molar-refractivity contribution >= 4 is 38.1 Å². The number of carbonyl (C=O) groups excluding carboxylic acids is 1. The van der Waals surface area contributed by atoms with Gasteiger partial charge >= 0.3 is 0 Å². The van der Waals surface area contributed by atoms with Gasteiger partial charge in [-0.15, -0.1) is 0 Å². The van der Waals surface area contributed by atoms with Crippen LogP contribution in [0.2, 0.25) is 0 Å². The highest BCUT2D eigenvalue weighted by Gasteiger charge is 2.20. The van der Waals surface area contributed by atoms with Crippen LogP contribution in [-0.2, 0) is 14.8 Å². The summed E-state index contributed by atoms with van der Waals surface area (Å²) in [6.45, 7) is 1.86. The van der Waals surface area contributed by atoms with Crippen molar-refractivity contribution in [3.63, 3.8) is 0 Å². The Bertz CT molecular complexity index is 1500. The van der Waals surface area contributed by atoms with Crippen LogP contribution in [0.3, 0.4) is 0 Å². The van der Waals surface area contributed by atoms with Crippen molar-refractivity contribution in [3.05, 3.63) is 84.9 Å². The number of ether oxygens (including phenoxy) is 3. The smallest absolute Gasteiger partial charge is 0.265 e. The van der Waals surface area contributed by atoms with E-state index in [1.165, 1.54) is 44.6 Å². The molecule has 0 aliphatic carbocycles. The Kier molecular flexibility index (Phi) is 7.83. The van der Waals surface area contributed by atoms with Crippen LogP contribution in [0.5, 0.6) is 17.2 Å². The zero-order chi connectivity index (χ0) is 26.4. The second-order valence-corrected chi connectivity index (χ2v) is 9.89. The standard InChI is InChI=1S/C28H28N2O6S/c1-4-26(36-23-12-9-19-7-5-6-8-20(19)17-23)28(31)29-21-10-14-24(15-11-21)37(32,33)30-25-18-22(34-2)13-16-27(25)35-3/h5-18,26,30H,4H2,1-3H3,(H,29,31)/t26-/m1/s1. The Labute approximate surface area is 216 Å². The maximum atomic E-state index is 12.9. The van der Waals surface area contributed by atoms with E-state index in [0.717, 1.165) is 10.8 Å². The topological polar surface area (TPSA) is 103 Å². The molecule has 8 nitrogen and oxygen atoms in total. The molecule has 0 radical (unpaired) electrons. The third kappa shape index (κ3) is 6.13. The molecule has 2 N–H and O–H groups in total. The number of sulfonamides is 1. The van der Waals surface area contributed by atoms with Gasteiger partial charge in [-0.1, -0.05) is 37.3 Å². The van der Waals surface area contributed by atoms with E-state index in [1.807, 2.05) is 49.4 Å². The predicted molar refractivity (Wildman–Crippen MR) is 144 cm³/mol. The van der Waals surface area contributed by atoms with Crippen LogP contribution in [0.4, 0.5) is 11.4 Å². The van der Waals surface area contributed by atoms with Crippen molar-refractivity contribution < 1.29 is 27.4 Å². The van der Waals surface area contributed by atoms with E-state index in [2.05, 4.69) is 10.0 Å². The third-order valence-corrected chi connectivity index (χ3v) is 7.13. The number of fused-ring (bicyclic) bond motifs is 1. The van der Waals surface area contributed by atoms with Crippen LogP contribution in [0.25, 0.3) is 10.8 Å². The number of hydrogen-bond acceptors (Lipinski definition) is 6. The molecule has 192 valence electrons. The van der Waals surface area contributed by atoms with E-state index < -0.39 is 16.1 Å². The van der Waals surface area contributed by atoms with E-state index in [1.54, 1.807) is 12.1 Å². The van der Waals surface area contributed by atoms with Gasteiger partial charge in [-0.25, -0.2) is 8.42 Å². The lowest BCUT2D eigenvalue weighted by atomic mass is 10.1. The van der Waals surface area contributed by atoms with E-state index in [0.29, 0.717) is 29.4 Å². The molecule has 0 heterocycles. The first-order valence-electron chi connectivity index (χ1n) is 11.6. The monoisotopic (exact) mass is 520 g/mol. The number of carbonyl (C=O) groups is 1. The van der Waals surface area contributed by atoms with Crippen LogP contribution >= 0.6 is 0 Å². The first-order chi connectivity index (χ1) is 17.8. The van der Waals surface area contributed by atoms with Crippen molar-refractivity contribution in [2.75, 3.05) is 24.3 Å². The van der Waals surface area contributed by atoms with Gasteiger partial charge in [0.15, 0.2) is 6.10 Å². The summed E-state index contributed by atoms with van der Waals surface area (Å²) in [5.41, 5.74) is 0.694. The first-order valence-corrected chi connectivity index (χ1v) is 13.1. The van der Waals surface area contributed by atoms with Gasteiger partial charge in [-0.3, -0.25) is 9.52 Å². The molecule has 0 aromatic heterocycles. The highest BCUT2D eigenvalue weighted by atomic mass is 32.2. The summed E-state index contributed by atoms with van der Waals surface area (Å²) in [5, 5.41) is 4.90. The van der Waals surface area contributed by atoms with Gasteiger partial charge in [-0.05, 0) is 65.7 Å². The second kappa shape index (κ2) is 11.2. The molecule has 0 fully saturated rings. The Hall–Kier alpha value is -4.24. The molecule has 9 heteroatoms. The largest absolute Gasteiger partial charge is 0.497 e. The zero-order valence-electron chi connectivity index (χ0n) is 20.7. The SMILES string of the molecule is CC[C@@H](Oc1ccc2ccccc2c1)C(=O)Nc1ccc(S(=O)(=O)Nc2cc(OC)ccc2OC)cc1. The number of hydrogen-bond donors (Lipinski definition) is 2. The average molecular weight is 521 g/mol. The number of rotatable bonds is 10. The minimum absolute atomic E-state index is 0.0230. The van der Waals surface area contributed by atoms with Gasteiger partial charge in [0, 0.05) is 11.8 Å². The van der Waals surface area contributed by atoms with Crippen LogP contribution in [0, 0.1) is 0 Å². The fourth-order valence-corrected chi connectivity index (χ4v) is 4.83. The molecule has 0 spiro atoms. The molecule has 37 heavy (non-hydrogen) atoms. The Morgan fingerprint density at radius 2 is 1.54 bits per heavy atom. The fraction of sp³-hybridized carbons (Fsp3) is 0.179. The Morgan fingerprint density at radius 3 is 2.22 bits per heavy atom. The maximum Gasteiger partial charge on any atom is 0.265 e. The van der Waals surface area contributed by atoms with Gasteiger partial charge in [-0.2, -0.15) is 0 Å². The normalized spacial score (nSPS) is 12.0. The molecule has 0 saturated heterocycles. The quantitative estimate of drug-likeness (QED) is 0.288. The van der Waals surface area contributed by atoms with Gasteiger partial charge in [0.05, 0.1) is 24.8 Å². The molecule has 0 aliphatic heterocycles. The predicted octanol–water partition coefficient (Wildman–Crippen LogP) is 5.45. The van der Waals surface area contributed by atoms with Gasteiger partial charge in [0.1, 0.15) is 17.2 Å². The molecular weight excluding hydrogens is 492 g/mol. The van der Waals surface area contributed by atoms with Crippen molar-refractivity contribution in [3.8, 4) is 17.2 Å². The van der Waals surface area contributed by atoms with Crippen LogP contribution in [0.15, 0.2) is 89.8 Å². The molecule has 1 amide bonds. The van der Waals surface area contributed by atoms with Crippen LogP contribution in [-0.4, -0.2) is 34.6 Å². The van der Waals surface area contributed by atoms with E-state index >= 15 is 0 Å². The summed E-state index contributed by atoms with van der Waals surface area (Å²) in [7, 11) is -0.981. The lowest BCUT2D eigenvalue weighted by molar-refractivity contribution is -0.122. The molecule has 4 aromatic carbocycles. The van der Waals surface area contributed by atoms with Crippen LogP contribution in [0.1, 0.15) is 13.3 Å². The van der Waals surface area contributed by atoms with Gasteiger partial charge < -0.3 is 19.5 Å². The Balaban J connectivity index is 1.44. The van der Waals surface area contributed by atoms with Crippen molar-refractivity contribution in [1.29, 1.82) is 0 Å². The molecule has 4 aromatic rings. The molecule has 4 rings (SSSR count). The molecule has 0 bridgehead atoms. The van der Waals surface area contributed by atoms with Crippen LogP contribution < -0.4 is 24.2 Å². The number of benzene rings is 4. The summed E-state index contributed by atoms with van der Waals surface area (Å²) < 4.78 is 44.8. The molecular formula is C28H28N2O6S.